The molecule has 1 aromatic carbocycles. The first-order chi connectivity index (χ1) is 11.8. The van der Waals surface area contributed by atoms with Crippen LogP contribution < -0.4 is 0 Å². The predicted octanol–water partition coefficient (Wildman–Crippen LogP) is 4.51. The molecule has 0 aliphatic carbocycles. The fourth-order valence-corrected chi connectivity index (χ4v) is 3.65. The fourth-order valence-electron chi connectivity index (χ4n) is 3.26. The highest BCUT2D eigenvalue weighted by atomic mass is 35.5. The first-order valence-corrected chi connectivity index (χ1v) is 8.91. The molecule has 0 saturated carbocycles. The zero-order valence-electron chi connectivity index (χ0n) is 13.0. The van der Waals surface area contributed by atoms with E-state index in [1.165, 1.54) is 0 Å². The number of fused-ring (bicyclic) bond motifs is 1. The maximum Gasteiger partial charge on any atom is 0.241 e. The summed E-state index contributed by atoms with van der Waals surface area (Å²) in [5, 5.41) is 5.80. The Kier molecular flexibility index (Phi) is 4.48. The van der Waals surface area contributed by atoms with E-state index in [1.54, 1.807) is 0 Å². The third-order valence-electron chi connectivity index (χ3n) is 4.47. The van der Waals surface area contributed by atoms with Gasteiger partial charge in [0.15, 0.2) is 0 Å². The first-order valence-electron chi connectivity index (χ1n) is 8.00. The van der Waals surface area contributed by atoms with E-state index in [2.05, 4.69) is 20.9 Å². The van der Waals surface area contributed by atoms with Crippen LogP contribution in [0, 0.1) is 5.92 Å². The molecule has 0 spiro atoms. The van der Waals surface area contributed by atoms with Crippen LogP contribution in [0.2, 0.25) is 5.02 Å². The van der Waals surface area contributed by atoms with Gasteiger partial charge in [-0.1, -0.05) is 28.9 Å². The Morgan fingerprint density at radius 2 is 2.08 bits per heavy atom. The highest BCUT2D eigenvalue weighted by Gasteiger charge is 2.20. The Hall–Kier alpha value is -1.56. The molecule has 3 aromatic rings. The Labute approximate surface area is 149 Å². The molecule has 5 nitrogen and oxygen atoms in total. The van der Waals surface area contributed by atoms with Crippen molar-refractivity contribution in [3.8, 4) is 11.4 Å². The number of para-hydroxylation sites is 1. The third kappa shape index (κ3) is 2.92. The Balaban J connectivity index is 1.78. The van der Waals surface area contributed by atoms with E-state index in [4.69, 9.17) is 32.5 Å². The lowest BCUT2D eigenvalue weighted by molar-refractivity contribution is 0.0616. The second-order valence-electron chi connectivity index (χ2n) is 6.03. The van der Waals surface area contributed by atoms with Gasteiger partial charge in [0, 0.05) is 36.9 Å². The van der Waals surface area contributed by atoms with Crippen molar-refractivity contribution in [2.24, 2.45) is 5.92 Å². The Bertz CT molecular complexity index is 853. The van der Waals surface area contributed by atoms with E-state index in [0.29, 0.717) is 17.6 Å². The molecule has 0 atom stereocenters. The normalized spacial score (nSPS) is 16.1. The maximum atomic E-state index is 6.48. The summed E-state index contributed by atoms with van der Waals surface area (Å²) in [5.41, 5.74) is 1.93. The maximum absolute atomic E-state index is 6.48. The van der Waals surface area contributed by atoms with Gasteiger partial charge in [0.2, 0.25) is 11.7 Å². The number of ether oxygens (including phenoxy) is 1. The highest BCUT2D eigenvalue weighted by Crippen LogP contribution is 2.34. The van der Waals surface area contributed by atoms with Crippen LogP contribution in [-0.4, -0.2) is 27.9 Å². The summed E-state index contributed by atoms with van der Waals surface area (Å²) >= 11 is 12.3. The molecule has 1 fully saturated rings. The van der Waals surface area contributed by atoms with E-state index in [0.717, 1.165) is 54.1 Å². The second kappa shape index (κ2) is 6.75. The standard InChI is InChI=1S/C17H17Cl2N3O2/c18-8-15-20-17(21-24-15)13-10-22(9-11-4-6-23-7-5-11)16-12(13)2-1-3-14(16)19/h1-3,10-11H,4-9H2. The predicted molar refractivity (Wildman–Crippen MR) is 93.3 cm³/mol. The number of alkyl halides is 1. The minimum Gasteiger partial charge on any atom is -0.381 e. The SMILES string of the molecule is ClCc1nc(-c2cn(CC3CCOCC3)c3c(Cl)cccc23)no1. The van der Waals surface area contributed by atoms with Gasteiger partial charge in [0.25, 0.3) is 0 Å². The molecule has 0 bridgehead atoms. The topological polar surface area (TPSA) is 53.1 Å². The Morgan fingerprint density at radius 3 is 2.83 bits per heavy atom. The van der Waals surface area contributed by atoms with Gasteiger partial charge in [0.1, 0.15) is 5.88 Å². The average molecular weight is 366 g/mol. The molecule has 0 amide bonds. The van der Waals surface area contributed by atoms with Gasteiger partial charge < -0.3 is 13.8 Å². The summed E-state index contributed by atoms with van der Waals surface area (Å²) in [6, 6.07) is 5.89. The van der Waals surface area contributed by atoms with E-state index >= 15 is 0 Å². The largest absolute Gasteiger partial charge is 0.381 e. The molecule has 1 saturated heterocycles. The molecule has 4 rings (SSSR count). The number of hydrogen-bond acceptors (Lipinski definition) is 4. The van der Waals surface area contributed by atoms with Crippen molar-refractivity contribution in [2.45, 2.75) is 25.3 Å². The van der Waals surface area contributed by atoms with Gasteiger partial charge in [-0.25, -0.2) is 0 Å². The molecule has 3 heterocycles. The lowest BCUT2D eigenvalue weighted by Gasteiger charge is -2.23. The molecular formula is C17H17Cl2N3O2. The summed E-state index contributed by atoms with van der Waals surface area (Å²) < 4.78 is 12.8. The van der Waals surface area contributed by atoms with Crippen molar-refractivity contribution in [3.05, 3.63) is 35.3 Å². The number of rotatable bonds is 4. The number of benzene rings is 1. The van der Waals surface area contributed by atoms with Crippen molar-refractivity contribution in [1.82, 2.24) is 14.7 Å². The van der Waals surface area contributed by atoms with Crippen LogP contribution in [0.15, 0.2) is 28.9 Å². The van der Waals surface area contributed by atoms with E-state index in [9.17, 15) is 0 Å². The third-order valence-corrected chi connectivity index (χ3v) is 5.00. The van der Waals surface area contributed by atoms with Crippen molar-refractivity contribution < 1.29 is 9.26 Å². The zero-order valence-corrected chi connectivity index (χ0v) is 14.6. The summed E-state index contributed by atoms with van der Waals surface area (Å²) in [4.78, 5) is 4.35. The van der Waals surface area contributed by atoms with Crippen LogP contribution >= 0.6 is 23.2 Å². The summed E-state index contributed by atoms with van der Waals surface area (Å²) in [5.74, 6) is 1.75. The van der Waals surface area contributed by atoms with E-state index < -0.39 is 0 Å². The smallest absolute Gasteiger partial charge is 0.241 e. The van der Waals surface area contributed by atoms with Crippen LogP contribution in [0.5, 0.6) is 0 Å². The van der Waals surface area contributed by atoms with Gasteiger partial charge in [0.05, 0.1) is 10.5 Å². The number of aromatic nitrogens is 3. The number of halogens is 2. The minimum absolute atomic E-state index is 0.203. The first kappa shape index (κ1) is 15.9. The molecule has 0 N–H and O–H groups in total. The zero-order chi connectivity index (χ0) is 16.5. The monoisotopic (exact) mass is 365 g/mol. The summed E-state index contributed by atoms with van der Waals surface area (Å²) in [6.45, 7) is 2.56. The van der Waals surface area contributed by atoms with Gasteiger partial charge >= 0.3 is 0 Å². The summed E-state index contributed by atoms with van der Waals surface area (Å²) in [6.07, 6.45) is 4.20. The molecule has 1 aliphatic heterocycles. The lowest BCUT2D eigenvalue weighted by atomic mass is 10.0. The van der Waals surface area contributed by atoms with Crippen LogP contribution in [0.1, 0.15) is 18.7 Å². The quantitative estimate of drug-likeness (QED) is 0.638. The minimum atomic E-state index is 0.203. The second-order valence-corrected chi connectivity index (χ2v) is 6.71. The van der Waals surface area contributed by atoms with Crippen molar-refractivity contribution in [3.63, 3.8) is 0 Å². The van der Waals surface area contributed by atoms with Crippen molar-refractivity contribution in [1.29, 1.82) is 0 Å². The molecule has 126 valence electrons. The molecule has 0 radical (unpaired) electrons. The van der Waals surface area contributed by atoms with E-state index in [-0.39, 0.29) is 5.88 Å². The lowest BCUT2D eigenvalue weighted by Crippen LogP contribution is -2.20. The number of nitrogens with zero attached hydrogens (tertiary/aromatic N) is 3. The van der Waals surface area contributed by atoms with Crippen LogP contribution in [0.25, 0.3) is 22.3 Å². The van der Waals surface area contributed by atoms with Crippen LogP contribution in [0.4, 0.5) is 0 Å². The average Bonchev–Trinajstić information content (AvgIpc) is 3.21. The molecule has 7 heteroatoms. The van der Waals surface area contributed by atoms with E-state index in [1.807, 2.05) is 18.2 Å². The van der Waals surface area contributed by atoms with Crippen molar-refractivity contribution >= 4 is 34.1 Å². The molecule has 1 aliphatic rings. The molecule has 24 heavy (non-hydrogen) atoms. The van der Waals surface area contributed by atoms with Gasteiger partial charge in [-0.05, 0) is 24.8 Å². The molecular weight excluding hydrogens is 349 g/mol. The van der Waals surface area contributed by atoms with Gasteiger partial charge in [-0.15, -0.1) is 11.6 Å². The van der Waals surface area contributed by atoms with Crippen LogP contribution in [0.3, 0.4) is 0 Å². The summed E-state index contributed by atoms with van der Waals surface area (Å²) in [7, 11) is 0. The molecule has 0 unspecified atom stereocenters. The molecule has 2 aromatic heterocycles. The van der Waals surface area contributed by atoms with Crippen LogP contribution in [-0.2, 0) is 17.2 Å². The van der Waals surface area contributed by atoms with Crippen molar-refractivity contribution in [2.75, 3.05) is 13.2 Å². The highest BCUT2D eigenvalue weighted by molar-refractivity contribution is 6.35. The Morgan fingerprint density at radius 1 is 1.25 bits per heavy atom. The van der Waals surface area contributed by atoms with Gasteiger partial charge in [-0.3, -0.25) is 0 Å². The van der Waals surface area contributed by atoms with Gasteiger partial charge in [-0.2, -0.15) is 4.98 Å². The fraction of sp³-hybridized carbons (Fsp3) is 0.412. The number of hydrogen-bond donors (Lipinski definition) is 0.